The number of hydrogen-bond donors (Lipinski definition) is 1. The molecule has 0 heterocycles. The van der Waals surface area contributed by atoms with Gasteiger partial charge in [-0.2, -0.15) is 8.42 Å². The van der Waals surface area contributed by atoms with Gasteiger partial charge in [-0.15, -0.1) is 0 Å². The molecule has 0 aromatic carbocycles. The van der Waals surface area contributed by atoms with Crippen LogP contribution in [0.5, 0.6) is 0 Å². The molecule has 0 atom stereocenters. The molecule has 25 heavy (non-hydrogen) atoms. The van der Waals surface area contributed by atoms with Crippen molar-refractivity contribution in [3.05, 3.63) is 0 Å². The topological polar surface area (TPSA) is 107 Å². The zero-order chi connectivity index (χ0) is 18.3. The molecule has 0 saturated carbocycles. The van der Waals surface area contributed by atoms with Crippen molar-refractivity contribution >= 4 is 51.9 Å². The summed E-state index contributed by atoms with van der Waals surface area (Å²) in [7, 11) is -4.81. The Morgan fingerprint density at radius 1 is 0.800 bits per heavy atom. The number of carbonyl (C=O) groups is 2. The standard InChI is InChI=1S/C16H30O7S.Na.H/c1-2-3-4-5-6-7-8-9-10-11-14-22-15(17)12-13-16(18)23-24(19,20)21;;/h2-14H2,1H3,(H,19,20,21);;. The number of unbranched alkanes of at least 4 members (excludes halogenated alkanes) is 9. The van der Waals surface area contributed by atoms with Gasteiger partial charge in [0.25, 0.3) is 0 Å². The number of rotatable bonds is 15. The van der Waals surface area contributed by atoms with Crippen molar-refractivity contribution in [2.45, 2.75) is 84.0 Å². The van der Waals surface area contributed by atoms with Crippen LogP contribution in [0.15, 0.2) is 0 Å². The van der Waals surface area contributed by atoms with Gasteiger partial charge in [-0.3, -0.25) is 14.1 Å². The second-order valence-electron chi connectivity index (χ2n) is 5.79. The third-order valence-corrected chi connectivity index (χ3v) is 3.89. The van der Waals surface area contributed by atoms with Crippen LogP contribution in [0, 0.1) is 0 Å². The molecule has 9 heteroatoms. The molecule has 0 fully saturated rings. The van der Waals surface area contributed by atoms with E-state index in [-0.39, 0.29) is 36.0 Å². The van der Waals surface area contributed by atoms with E-state index in [9.17, 15) is 18.0 Å². The van der Waals surface area contributed by atoms with E-state index in [0.29, 0.717) is 6.61 Å². The third-order valence-electron chi connectivity index (χ3n) is 3.49. The third kappa shape index (κ3) is 21.8. The van der Waals surface area contributed by atoms with Gasteiger partial charge >= 0.3 is 51.9 Å². The van der Waals surface area contributed by atoms with Crippen molar-refractivity contribution in [1.82, 2.24) is 0 Å². The van der Waals surface area contributed by atoms with Crippen LogP contribution in [0.3, 0.4) is 0 Å². The van der Waals surface area contributed by atoms with E-state index in [4.69, 9.17) is 9.29 Å². The van der Waals surface area contributed by atoms with Crippen molar-refractivity contribution in [2.24, 2.45) is 0 Å². The summed E-state index contributed by atoms with van der Waals surface area (Å²) in [4.78, 5) is 22.3. The number of ether oxygens (including phenoxy) is 1. The Labute approximate surface area is 173 Å². The summed E-state index contributed by atoms with van der Waals surface area (Å²) in [5.41, 5.74) is 0. The van der Waals surface area contributed by atoms with Crippen LogP contribution >= 0.6 is 0 Å². The average molecular weight is 390 g/mol. The second-order valence-corrected chi connectivity index (χ2v) is 6.81. The van der Waals surface area contributed by atoms with E-state index in [1.54, 1.807) is 0 Å². The maximum atomic E-state index is 11.3. The first-order valence-corrected chi connectivity index (χ1v) is 10.1. The van der Waals surface area contributed by atoms with E-state index in [2.05, 4.69) is 11.1 Å². The predicted molar refractivity (Wildman–Crippen MR) is 96.8 cm³/mol. The number of hydrogen-bond acceptors (Lipinski definition) is 6. The van der Waals surface area contributed by atoms with Gasteiger partial charge in [-0.05, 0) is 6.42 Å². The van der Waals surface area contributed by atoms with Crippen LogP contribution in [0.4, 0.5) is 0 Å². The number of esters is 1. The average Bonchev–Trinajstić information content (AvgIpc) is 2.49. The van der Waals surface area contributed by atoms with Gasteiger partial charge in [0.15, 0.2) is 0 Å². The first kappa shape index (κ1) is 27.1. The Morgan fingerprint density at radius 3 is 1.72 bits per heavy atom. The molecule has 1 N–H and O–H groups in total. The van der Waals surface area contributed by atoms with Gasteiger partial charge in [0.2, 0.25) is 0 Å². The molecule has 0 rings (SSSR count). The van der Waals surface area contributed by atoms with Gasteiger partial charge in [0, 0.05) is 0 Å². The molecule has 0 aliphatic carbocycles. The van der Waals surface area contributed by atoms with Gasteiger partial charge in [-0.1, -0.05) is 64.7 Å². The molecule has 0 aliphatic rings. The van der Waals surface area contributed by atoms with E-state index in [0.717, 1.165) is 19.3 Å². The Bertz CT molecular complexity index is 451. The molecule has 0 amide bonds. The van der Waals surface area contributed by atoms with E-state index in [1.807, 2.05) is 0 Å². The molecule has 0 spiro atoms. The maximum absolute atomic E-state index is 11.3. The summed E-state index contributed by atoms with van der Waals surface area (Å²) >= 11 is 0. The van der Waals surface area contributed by atoms with Crippen molar-refractivity contribution < 1.29 is 31.5 Å². The first-order chi connectivity index (χ1) is 11.3. The summed E-state index contributed by atoms with van der Waals surface area (Å²) in [5.74, 6) is -1.77. The quantitative estimate of drug-likeness (QED) is 0.198. The summed E-state index contributed by atoms with van der Waals surface area (Å²) in [6.07, 6.45) is 11.1. The Hall–Kier alpha value is -0.150. The Morgan fingerprint density at radius 2 is 1.24 bits per heavy atom. The van der Waals surface area contributed by atoms with Crippen LogP contribution in [-0.4, -0.2) is 61.1 Å². The normalized spacial score (nSPS) is 10.8. The molecular formula is C16H31NaO7S. The van der Waals surface area contributed by atoms with Crippen molar-refractivity contribution in [3.63, 3.8) is 0 Å². The zero-order valence-corrected chi connectivity index (χ0v) is 15.3. The van der Waals surface area contributed by atoms with Crippen molar-refractivity contribution in [2.75, 3.05) is 6.61 Å². The summed E-state index contributed by atoms with van der Waals surface area (Å²) in [6, 6.07) is 0. The molecule has 0 aromatic heterocycles. The molecular weight excluding hydrogens is 359 g/mol. The number of carbonyl (C=O) groups excluding carboxylic acids is 2. The van der Waals surface area contributed by atoms with Gasteiger partial charge < -0.3 is 8.92 Å². The molecule has 144 valence electrons. The first-order valence-electron chi connectivity index (χ1n) is 8.70. The van der Waals surface area contributed by atoms with Crippen LogP contribution in [0.1, 0.15) is 84.0 Å². The van der Waals surface area contributed by atoms with Gasteiger partial charge in [0.1, 0.15) is 0 Å². The minimum atomic E-state index is -4.81. The van der Waals surface area contributed by atoms with Gasteiger partial charge in [-0.25, -0.2) is 0 Å². The summed E-state index contributed by atoms with van der Waals surface area (Å²) in [5, 5.41) is 0. The predicted octanol–water partition coefficient (Wildman–Crippen LogP) is 2.93. The van der Waals surface area contributed by atoms with E-state index in [1.165, 1.54) is 44.9 Å². The second kappa shape index (κ2) is 17.3. The molecule has 0 bridgehead atoms. The Kier molecular flexibility index (Phi) is 18.7. The van der Waals surface area contributed by atoms with Crippen molar-refractivity contribution in [3.8, 4) is 0 Å². The fourth-order valence-corrected chi connectivity index (χ4v) is 2.53. The van der Waals surface area contributed by atoms with Gasteiger partial charge in [0.05, 0.1) is 19.4 Å². The van der Waals surface area contributed by atoms with Crippen LogP contribution in [0.2, 0.25) is 0 Å². The SMILES string of the molecule is CCCCCCCCCCCCOC(=O)CCC(=O)OS(=O)(=O)O.[NaH]. The molecule has 0 radical (unpaired) electrons. The summed E-state index contributed by atoms with van der Waals surface area (Å²) in [6.45, 7) is 2.50. The molecule has 0 aliphatic heterocycles. The molecule has 7 nitrogen and oxygen atoms in total. The summed E-state index contributed by atoms with van der Waals surface area (Å²) < 4.78 is 37.4. The molecule has 0 saturated heterocycles. The minimum absolute atomic E-state index is 0. The molecule has 0 aromatic rings. The van der Waals surface area contributed by atoms with Crippen molar-refractivity contribution in [1.29, 1.82) is 0 Å². The van der Waals surface area contributed by atoms with Crippen LogP contribution in [-0.2, 0) is 28.9 Å². The van der Waals surface area contributed by atoms with Crippen LogP contribution in [0.25, 0.3) is 0 Å². The fraction of sp³-hybridized carbons (Fsp3) is 0.875. The Balaban J connectivity index is 0. The fourth-order valence-electron chi connectivity index (χ4n) is 2.21. The molecule has 0 unspecified atom stereocenters. The van der Waals surface area contributed by atoms with E-state index >= 15 is 0 Å². The van der Waals surface area contributed by atoms with E-state index < -0.39 is 28.8 Å². The zero-order valence-electron chi connectivity index (χ0n) is 14.5. The monoisotopic (exact) mass is 390 g/mol. The van der Waals surface area contributed by atoms with Crippen LogP contribution < -0.4 is 0 Å².